The van der Waals surface area contributed by atoms with Crippen LogP contribution in [-0.4, -0.2) is 46.9 Å². The van der Waals surface area contributed by atoms with Crippen LogP contribution >= 0.6 is 0 Å². The summed E-state index contributed by atoms with van der Waals surface area (Å²) in [6.07, 6.45) is -0.884. The molecule has 8 nitrogen and oxygen atoms in total. The summed E-state index contributed by atoms with van der Waals surface area (Å²) < 4.78 is 10.5. The third kappa shape index (κ3) is 4.49. The molecule has 2 heterocycles. The Labute approximate surface area is 185 Å². The Bertz CT molecular complexity index is 1000. The van der Waals surface area contributed by atoms with Gasteiger partial charge in [-0.2, -0.15) is 4.90 Å². The number of piperidine rings is 1. The zero-order valence-corrected chi connectivity index (χ0v) is 17.6. The van der Waals surface area contributed by atoms with Gasteiger partial charge in [-0.25, -0.2) is 9.59 Å². The molecule has 0 unspecified atom stereocenters. The fourth-order valence-corrected chi connectivity index (χ4v) is 4.08. The van der Waals surface area contributed by atoms with Crippen LogP contribution in [-0.2, 0) is 32.3 Å². The van der Waals surface area contributed by atoms with Gasteiger partial charge in [-0.15, -0.1) is 0 Å². The zero-order valence-electron chi connectivity index (χ0n) is 17.6. The lowest BCUT2D eigenvalue weighted by Crippen LogP contribution is -2.47. The van der Waals surface area contributed by atoms with Crippen molar-refractivity contribution >= 4 is 24.0 Å². The summed E-state index contributed by atoms with van der Waals surface area (Å²) in [5, 5.41) is 0. The first-order chi connectivity index (χ1) is 15.5. The summed E-state index contributed by atoms with van der Waals surface area (Å²) in [5.41, 5.74) is 0.673. The molecule has 166 valence electrons. The van der Waals surface area contributed by atoms with Crippen molar-refractivity contribution in [2.45, 2.75) is 32.5 Å². The number of hydrogen-bond donors (Lipinski definition) is 0. The van der Waals surface area contributed by atoms with Crippen molar-refractivity contribution in [1.82, 2.24) is 9.80 Å². The van der Waals surface area contributed by atoms with Crippen molar-refractivity contribution in [2.24, 2.45) is 5.41 Å². The number of carbonyl (C=O) groups is 4. The van der Waals surface area contributed by atoms with Crippen molar-refractivity contribution in [3.63, 3.8) is 0 Å². The molecule has 0 aromatic heterocycles. The predicted molar refractivity (Wildman–Crippen MR) is 113 cm³/mol. The zero-order chi connectivity index (χ0) is 22.6. The summed E-state index contributed by atoms with van der Waals surface area (Å²) in [4.78, 5) is 52.5. The molecule has 32 heavy (non-hydrogen) atoms. The van der Waals surface area contributed by atoms with E-state index in [0.717, 1.165) is 11.1 Å². The van der Waals surface area contributed by atoms with Gasteiger partial charge < -0.3 is 14.4 Å². The highest BCUT2D eigenvalue weighted by molar-refractivity contribution is 6.16. The second kappa shape index (κ2) is 9.21. The molecule has 0 bridgehead atoms. The average molecular weight is 436 g/mol. The molecule has 2 aliphatic rings. The standard InChI is InChI=1S/C24H24N2O6/c27-20-15-24(21(28)26(20)23(30)32-17-19-9-5-2-6-10-19)11-13-25(14-12-24)22(29)31-16-18-7-3-1-4-8-18/h1-10H,11-17H2. The number of benzene rings is 2. The SMILES string of the molecule is O=C(OCc1ccccc1)N1CCC2(CC1)CC(=O)N(C(=O)OCc1ccccc1)C2=O. The number of rotatable bonds is 4. The molecule has 8 heteroatoms. The fourth-order valence-electron chi connectivity index (χ4n) is 4.08. The van der Waals surface area contributed by atoms with E-state index >= 15 is 0 Å². The minimum Gasteiger partial charge on any atom is -0.445 e. The van der Waals surface area contributed by atoms with Gasteiger partial charge in [0.05, 0.1) is 5.41 Å². The summed E-state index contributed by atoms with van der Waals surface area (Å²) in [7, 11) is 0. The maximum absolute atomic E-state index is 13.0. The smallest absolute Gasteiger partial charge is 0.423 e. The molecule has 1 spiro atoms. The average Bonchev–Trinajstić information content (AvgIpc) is 3.06. The molecule has 0 radical (unpaired) electrons. The lowest BCUT2D eigenvalue weighted by atomic mass is 9.77. The van der Waals surface area contributed by atoms with Crippen LogP contribution in [0.4, 0.5) is 9.59 Å². The van der Waals surface area contributed by atoms with E-state index in [4.69, 9.17) is 9.47 Å². The maximum Gasteiger partial charge on any atom is 0.423 e. The number of hydrogen-bond acceptors (Lipinski definition) is 6. The minimum absolute atomic E-state index is 0.0230. The lowest BCUT2D eigenvalue weighted by Gasteiger charge is -2.36. The van der Waals surface area contributed by atoms with Crippen molar-refractivity contribution < 1.29 is 28.7 Å². The Kier molecular flexibility index (Phi) is 6.20. The third-order valence-electron chi connectivity index (χ3n) is 5.97. The Hall–Kier alpha value is -3.68. The number of nitrogens with zero attached hydrogens (tertiary/aromatic N) is 2. The van der Waals surface area contributed by atoms with E-state index in [0.29, 0.717) is 17.7 Å². The molecule has 0 saturated carbocycles. The number of ether oxygens (including phenoxy) is 2. The molecule has 0 atom stereocenters. The first-order valence-corrected chi connectivity index (χ1v) is 10.5. The molecule has 2 aromatic carbocycles. The molecular formula is C24H24N2O6. The first-order valence-electron chi connectivity index (χ1n) is 10.5. The highest BCUT2D eigenvalue weighted by atomic mass is 16.6. The van der Waals surface area contributed by atoms with Gasteiger partial charge in [0.1, 0.15) is 13.2 Å². The largest absolute Gasteiger partial charge is 0.445 e. The Morgan fingerprint density at radius 1 is 0.781 bits per heavy atom. The van der Waals surface area contributed by atoms with E-state index < -0.39 is 29.4 Å². The van der Waals surface area contributed by atoms with Gasteiger partial charge in [0, 0.05) is 19.5 Å². The second-order valence-electron chi connectivity index (χ2n) is 8.06. The normalized spacial score (nSPS) is 17.5. The van der Waals surface area contributed by atoms with Crippen LogP contribution in [0.25, 0.3) is 0 Å². The monoisotopic (exact) mass is 436 g/mol. The van der Waals surface area contributed by atoms with E-state index in [1.165, 1.54) is 4.90 Å². The fraction of sp³-hybridized carbons (Fsp3) is 0.333. The number of carbonyl (C=O) groups excluding carboxylic acids is 4. The quantitative estimate of drug-likeness (QED) is 0.681. The number of imide groups is 3. The number of amides is 4. The molecule has 0 N–H and O–H groups in total. The van der Waals surface area contributed by atoms with E-state index in [-0.39, 0.29) is 32.7 Å². The Morgan fingerprint density at radius 2 is 1.28 bits per heavy atom. The van der Waals surface area contributed by atoms with Gasteiger partial charge in [0.15, 0.2) is 0 Å². The molecule has 2 fully saturated rings. The molecule has 2 aliphatic heterocycles. The summed E-state index contributed by atoms with van der Waals surface area (Å²) in [6, 6.07) is 18.4. The van der Waals surface area contributed by atoms with Crippen LogP contribution in [0.15, 0.2) is 60.7 Å². The van der Waals surface area contributed by atoms with Crippen LogP contribution < -0.4 is 0 Å². The van der Waals surface area contributed by atoms with Crippen LogP contribution in [0.1, 0.15) is 30.4 Å². The molecule has 2 aromatic rings. The minimum atomic E-state index is -0.973. The van der Waals surface area contributed by atoms with Crippen LogP contribution in [0, 0.1) is 5.41 Å². The van der Waals surface area contributed by atoms with Crippen molar-refractivity contribution in [2.75, 3.05) is 13.1 Å². The highest BCUT2D eigenvalue weighted by Gasteiger charge is 2.55. The molecular weight excluding hydrogens is 412 g/mol. The second-order valence-corrected chi connectivity index (χ2v) is 8.06. The van der Waals surface area contributed by atoms with Crippen LogP contribution in [0.3, 0.4) is 0 Å². The van der Waals surface area contributed by atoms with Gasteiger partial charge in [0.25, 0.3) is 0 Å². The van der Waals surface area contributed by atoms with Gasteiger partial charge in [-0.3, -0.25) is 9.59 Å². The highest BCUT2D eigenvalue weighted by Crippen LogP contribution is 2.42. The van der Waals surface area contributed by atoms with E-state index in [1.807, 2.05) is 48.5 Å². The maximum atomic E-state index is 13.0. The van der Waals surface area contributed by atoms with Gasteiger partial charge in [0.2, 0.25) is 11.8 Å². The molecule has 0 aliphatic carbocycles. The van der Waals surface area contributed by atoms with Crippen LogP contribution in [0.2, 0.25) is 0 Å². The predicted octanol–water partition coefficient (Wildman–Crippen LogP) is 3.50. The third-order valence-corrected chi connectivity index (χ3v) is 5.97. The summed E-state index contributed by atoms with van der Waals surface area (Å²) in [5.74, 6) is -1.11. The lowest BCUT2D eigenvalue weighted by molar-refractivity contribution is -0.140. The van der Waals surface area contributed by atoms with Crippen LogP contribution in [0.5, 0.6) is 0 Å². The topological polar surface area (TPSA) is 93.2 Å². The van der Waals surface area contributed by atoms with Gasteiger partial charge in [-0.05, 0) is 24.0 Å². The van der Waals surface area contributed by atoms with Gasteiger partial charge >= 0.3 is 12.2 Å². The summed E-state index contributed by atoms with van der Waals surface area (Å²) >= 11 is 0. The van der Waals surface area contributed by atoms with E-state index in [1.54, 1.807) is 12.1 Å². The Morgan fingerprint density at radius 3 is 1.81 bits per heavy atom. The Balaban J connectivity index is 1.31. The van der Waals surface area contributed by atoms with E-state index in [9.17, 15) is 19.2 Å². The molecule has 2 saturated heterocycles. The van der Waals surface area contributed by atoms with Crippen molar-refractivity contribution in [3.05, 3.63) is 71.8 Å². The van der Waals surface area contributed by atoms with Crippen molar-refractivity contribution in [3.8, 4) is 0 Å². The number of likely N-dealkylation sites (tertiary alicyclic amines) is 2. The molecule has 4 amide bonds. The van der Waals surface area contributed by atoms with Crippen molar-refractivity contribution in [1.29, 1.82) is 0 Å². The van der Waals surface area contributed by atoms with Gasteiger partial charge in [-0.1, -0.05) is 60.7 Å². The first kappa shape index (κ1) is 21.5. The summed E-state index contributed by atoms with van der Waals surface area (Å²) in [6.45, 7) is 0.698. The molecule has 4 rings (SSSR count). The van der Waals surface area contributed by atoms with E-state index in [2.05, 4.69) is 0 Å².